The van der Waals surface area contributed by atoms with Crippen LogP contribution >= 0.6 is 47.1 Å². The zero-order valence-electron chi connectivity index (χ0n) is 19.9. The second-order valence-electron chi connectivity index (χ2n) is 7.35. The molecule has 0 aromatic carbocycles. The van der Waals surface area contributed by atoms with Crippen molar-refractivity contribution in [1.82, 2.24) is 0 Å². The zero-order chi connectivity index (χ0) is 23.6. The fraction of sp³-hybridized carbons (Fsp3) is 1.00. The third-order valence-electron chi connectivity index (χ3n) is 5.14. The first-order chi connectivity index (χ1) is 14.9. The van der Waals surface area contributed by atoms with Gasteiger partial charge >= 0.3 is 15.2 Å². The van der Waals surface area contributed by atoms with Crippen LogP contribution in [0.25, 0.3) is 0 Å². The van der Waals surface area contributed by atoms with Gasteiger partial charge < -0.3 is 18.1 Å². The molecule has 0 rings (SSSR count). The summed E-state index contributed by atoms with van der Waals surface area (Å²) in [6, 6.07) is 0. The van der Waals surface area contributed by atoms with Crippen molar-refractivity contribution in [2.45, 2.75) is 96.8 Å². The van der Waals surface area contributed by atoms with E-state index in [4.69, 9.17) is 18.1 Å². The number of hydrogen-bond donors (Lipinski definition) is 0. The van der Waals surface area contributed by atoms with E-state index in [9.17, 15) is 9.13 Å². The van der Waals surface area contributed by atoms with Crippen molar-refractivity contribution in [3.8, 4) is 0 Å². The van der Waals surface area contributed by atoms with Crippen molar-refractivity contribution in [1.29, 1.82) is 0 Å². The Kier molecular flexibility index (Phi) is 19.3. The van der Waals surface area contributed by atoms with Gasteiger partial charge in [0.05, 0.1) is 26.4 Å². The first-order valence-corrected chi connectivity index (χ1v) is 17.1. The number of halogens is 2. The molecule has 6 nitrogen and oxygen atoms in total. The highest BCUT2D eigenvalue weighted by Gasteiger charge is 2.64. The van der Waals surface area contributed by atoms with E-state index < -0.39 is 20.1 Å². The largest absolute Gasteiger partial charge is 0.348 e. The lowest BCUT2D eigenvalue weighted by Gasteiger charge is -2.42. The van der Waals surface area contributed by atoms with Crippen LogP contribution in [0, 0.1) is 0 Å². The van der Waals surface area contributed by atoms with Gasteiger partial charge in [-0.1, -0.05) is 70.4 Å². The van der Waals surface area contributed by atoms with Crippen molar-refractivity contribution in [2.75, 3.05) is 37.1 Å². The summed E-state index contributed by atoms with van der Waals surface area (Å²) < 4.78 is 51.8. The molecule has 0 atom stereocenters. The summed E-state index contributed by atoms with van der Waals surface area (Å²) in [5.41, 5.74) is 0. The van der Waals surface area contributed by atoms with Gasteiger partial charge in [-0.25, -0.2) is 0 Å². The lowest BCUT2D eigenvalue weighted by molar-refractivity contribution is 0.169. The molecule has 0 aromatic heterocycles. The molecule has 0 unspecified atom stereocenters. The van der Waals surface area contributed by atoms with Gasteiger partial charge in [0, 0.05) is 10.7 Å². The second-order valence-corrected chi connectivity index (χ2v) is 14.0. The molecule has 0 aliphatic rings. The monoisotopic (exact) mass is 612 g/mol. The summed E-state index contributed by atoms with van der Waals surface area (Å²) in [6.07, 6.45) is 8.55. The molecule has 0 aromatic rings. The Morgan fingerprint density at radius 2 is 0.839 bits per heavy atom. The van der Waals surface area contributed by atoms with Crippen LogP contribution < -0.4 is 0 Å². The van der Waals surface area contributed by atoms with E-state index in [-0.39, 0.29) is 26.4 Å². The number of rotatable bonds is 22. The Hall–Kier alpha value is 1.26. The molecule has 0 saturated heterocycles. The molecule has 0 aliphatic carbocycles. The molecule has 188 valence electrons. The van der Waals surface area contributed by atoms with E-state index in [1.54, 1.807) is 27.7 Å². The fourth-order valence-electron chi connectivity index (χ4n) is 3.77. The Morgan fingerprint density at radius 1 is 0.548 bits per heavy atom. The van der Waals surface area contributed by atoms with Crippen LogP contribution in [0.15, 0.2) is 0 Å². The van der Waals surface area contributed by atoms with Gasteiger partial charge in [-0.2, -0.15) is 0 Å². The van der Waals surface area contributed by atoms with Crippen LogP contribution in [0.1, 0.15) is 91.9 Å². The molecule has 0 radical (unpaired) electrons. The SMILES string of the molecule is CCOP(=O)(OCC)C(CCCCCCBr)(CCCCCCBr)P(=O)(OCC)OCC. The van der Waals surface area contributed by atoms with Crippen LogP contribution in [0.4, 0.5) is 0 Å². The van der Waals surface area contributed by atoms with E-state index in [2.05, 4.69) is 31.9 Å². The maximum atomic E-state index is 14.3. The Balaban J connectivity index is 6.21. The lowest BCUT2D eigenvalue weighted by Crippen LogP contribution is -2.33. The van der Waals surface area contributed by atoms with Crippen molar-refractivity contribution in [3.05, 3.63) is 0 Å². The average molecular weight is 614 g/mol. The van der Waals surface area contributed by atoms with E-state index in [0.717, 1.165) is 62.0 Å². The summed E-state index contributed by atoms with van der Waals surface area (Å²) >= 11 is 6.94. The third-order valence-corrected chi connectivity index (χ3v) is 13.1. The summed E-state index contributed by atoms with van der Waals surface area (Å²) in [4.78, 5) is -1.29. The molecule has 0 spiro atoms. The summed E-state index contributed by atoms with van der Waals surface area (Å²) in [6.45, 7) is 8.00. The first-order valence-electron chi connectivity index (χ1n) is 11.8. The van der Waals surface area contributed by atoms with Gasteiger partial charge in [0.2, 0.25) is 0 Å². The average Bonchev–Trinajstić information content (AvgIpc) is 2.72. The number of hydrogen-bond acceptors (Lipinski definition) is 6. The van der Waals surface area contributed by atoms with Gasteiger partial charge in [0.15, 0.2) is 4.90 Å². The quantitative estimate of drug-likeness (QED) is 0.0689. The smallest absolute Gasteiger partial charge is 0.308 e. The van der Waals surface area contributed by atoms with Crippen LogP contribution in [0.2, 0.25) is 0 Å². The van der Waals surface area contributed by atoms with E-state index in [1.807, 2.05) is 0 Å². The van der Waals surface area contributed by atoms with Crippen LogP contribution in [0.3, 0.4) is 0 Å². The van der Waals surface area contributed by atoms with Gasteiger partial charge in [0.1, 0.15) is 0 Å². The highest BCUT2D eigenvalue weighted by atomic mass is 79.9. The molecule has 0 fully saturated rings. The van der Waals surface area contributed by atoms with Crippen LogP contribution in [-0.2, 0) is 27.2 Å². The Bertz CT molecular complexity index is 470. The maximum absolute atomic E-state index is 14.3. The minimum Gasteiger partial charge on any atom is -0.308 e. The second kappa shape index (κ2) is 18.6. The molecule has 0 N–H and O–H groups in total. The molecule has 0 amide bonds. The Morgan fingerprint density at radius 3 is 1.10 bits per heavy atom. The minimum absolute atomic E-state index is 0.213. The van der Waals surface area contributed by atoms with Gasteiger partial charge in [-0.3, -0.25) is 9.13 Å². The van der Waals surface area contributed by atoms with Crippen molar-refractivity contribution >= 4 is 47.1 Å². The van der Waals surface area contributed by atoms with Crippen LogP contribution in [0.5, 0.6) is 0 Å². The van der Waals surface area contributed by atoms with Crippen molar-refractivity contribution < 1.29 is 27.2 Å². The molecular weight excluding hydrogens is 570 g/mol. The summed E-state index contributed by atoms with van der Waals surface area (Å²) in [7, 11) is -7.57. The van der Waals surface area contributed by atoms with Crippen molar-refractivity contribution in [3.63, 3.8) is 0 Å². The van der Waals surface area contributed by atoms with Gasteiger partial charge in [-0.05, 0) is 53.4 Å². The molecule has 0 bridgehead atoms. The minimum atomic E-state index is -3.78. The summed E-state index contributed by atoms with van der Waals surface area (Å²) in [5.74, 6) is 0. The lowest BCUT2D eigenvalue weighted by atomic mass is 10.0. The predicted octanol–water partition coefficient (Wildman–Crippen LogP) is 8.91. The molecule has 0 aliphatic heterocycles. The normalized spacial score (nSPS) is 13.1. The van der Waals surface area contributed by atoms with Crippen LogP contribution in [-0.4, -0.2) is 42.0 Å². The highest BCUT2D eigenvalue weighted by Crippen LogP contribution is 2.81. The van der Waals surface area contributed by atoms with E-state index >= 15 is 0 Å². The van der Waals surface area contributed by atoms with E-state index in [0.29, 0.717) is 12.8 Å². The summed E-state index contributed by atoms with van der Waals surface area (Å²) in [5, 5.41) is 1.91. The third kappa shape index (κ3) is 10.2. The number of unbranched alkanes of at least 4 members (excludes halogenated alkanes) is 6. The molecule has 0 heterocycles. The maximum Gasteiger partial charge on any atom is 0.348 e. The highest BCUT2D eigenvalue weighted by molar-refractivity contribution is 9.09. The van der Waals surface area contributed by atoms with Gasteiger partial charge in [-0.15, -0.1) is 0 Å². The zero-order valence-corrected chi connectivity index (χ0v) is 24.9. The topological polar surface area (TPSA) is 71.1 Å². The number of alkyl halides is 2. The van der Waals surface area contributed by atoms with E-state index in [1.165, 1.54) is 0 Å². The Labute approximate surface area is 207 Å². The molecule has 0 saturated carbocycles. The molecular formula is C21H44Br2O6P2. The fourth-order valence-corrected chi connectivity index (χ4v) is 10.7. The standard InChI is InChI=1S/C21H44Br2O6P2/c1-5-26-30(24,27-6-2)21(17-13-9-11-15-19-22,18-14-10-12-16-20-23)31(25,28-7-3)29-8-4/h5-20H2,1-4H3. The van der Waals surface area contributed by atoms with Crippen molar-refractivity contribution in [2.24, 2.45) is 0 Å². The molecule has 31 heavy (non-hydrogen) atoms. The van der Waals surface area contributed by atoms with Gasteiger partial charge in [0.25, 0.3) is 0 Å². The predicted molar refractivity (Wildman–Crippen MR) is 138 cm³/mol. The molecule has 10 heteroatoms. The first kappa shape index (κ1) is 32.3.